The van der Waals surface area contributed by atoms with Crippen LogP contribution in [0.4, 0.5) is 0 Å². The van der Waals surface area contributed by atoms with Gasteiger partial charge in [-0.2, -0.15) is 0 Å². The van der Waals surface area contributed by atoms with Crippen molar-refractivity contribution in [3.8, 4) is 0 Å². The fraction of sp³-hybridized carbons (Fsp3) is 0.500. The lowest BCUT2D eigenvalue weighted by molar-refractivity contribution is -0.140. The molecule has 1 atom stereocenters. The first-order valence-corrected chi connectivity index (χ1v) is 2.10. The first kappa shape index (κ1) is 5.63. The summed E-state index contributed by atoms with van der Waals surface area (Å²) in [6.45, 7) is 0. The summed E-state index contributed by atoms with van der Waals surface area (Å²) in [5, 5.41) is 8.37. The number of carboxylic acids is 1. The number of nitrogens with two attached hydrogens (primary N) is 2. The van der Waals surface area contributed by atoms with E-state index in [1.54, 1.807) is 0 Å². The lowest BCUT2D eigenvalue weighted by atomic mass is 10.2. The number of hydrogen-bond acceptors (Lipinski definition) is 3. The molecule has 0 aromatic carbocycles. The minimum absolute atomic E-state index is 0. The molecule has 0 rings (SSSR count). The van der Waals surface area contributed by atoms with Crippen molar-refractivity contribution in [2.45, 2.75) is 12.4 Å². The molecule has 0 bridgehead atoms. The van der Waals surface area contributed by atoms with Crippen LogP contribution in [0.3, 0.4) is 0 Å². The van der Waals surface area contributed by atoms with Gasteiger partial charge in [0.15, 0.2) is 0 Å². The number of carboxylic acid groups (broad SMARTS) is 1. The Hall–Kier alpha value is -1.14. The maximum absolute atomic E-state index is 10.3. The Labute approximate surface area is 61.4 Å². The quantitative estimate of drug-likeness (QED) is 0.409. The van der Waals surface area contributed by atoms with E-state index in [1.807, 2.05) is 0 Å². The normalized spacial score (nSPS) is 19.1. The van der Waals surface area contributed by atoms with Crippen LogP contribution in [0.5, 0.6) is 0 Å². The molecule has 0 unspecified atom stereocenters. The van der Waals surface area contributed by atoms with E-state index in [2.05, 4.69) is 5.73 Å². The summed E-state index contributed by atoms with van der Waals surface area (Å²) in [7, 11) is 0. The lowest BCUT2D eigenvalue weighted by Gasteiger charge is -1.99. The molecule has 0 fully saturated rings. The van der Waals surface area contributed by atoms with Gasteiger partial charge in [-0.3, -0.25) is 9.59 Å². The molecular formula is C4H10N2O4. The van der Waals surface area contributed by atoms with Crippen LogP contribution in [-0.2, 0) is 9.59 Å². The fourth-order valence-corrected chi connectivity index (χ4v) is 0.241. The Morgan fingerprint density at radius 2 is 2.30 bits per heavy atom. The third kappa shape index (κ3) is 5.01. The van der Waals surface area contributed by atoms with Gasteiger partial charge in [-0.1, -0.05) is 0 Å². The number of aliphatic carboxylic acids is 1. The molecule has 0 saturated heterocycles. The SMILES string of the molecule is O.[2H]N([2H])[C@@]([2H])(CC(N)=O)C(=O)O. The Bertz CT molecular complexity index is 212. The van der Waals surface area contributed by atoms with Crippen molar-refractivity contribution in [3.05, 3.63) is 0 Å². The Morgan fingerprint density at radius 3 is 2.40 bits per heavy atom. The highest BCUT2D eigenvalue weighted by Gasteiger charge is 2.13. The lowest BCUT2D eigenvalue weighted by Crippen LogP contribution is -2.34. The van der Waals surface area contributed by atoms with E-state index < -0.39 is 24.3 Å². The molecule has 0 aromatic heterocycles. The Kier molecular flexibility index (Phi) is 2.65. The summed E-state index contributed by atoms with van der Waals surface area (Å²) in [5.74, 6) is -2.80. The van der Waals surface area contributed by atoms with E-state index in [0.29, 0.717) is 0 Å². The predicted molar refractivity (Wildman–Crippen MR) is 33.0 cm³/mol. The third-order valence-corrected chi connectivity index (χ3v) is 0.589. The molecule has 10 heavy (non-hydrogen) atoms. The molecule has 6 nitrogen and oxygen atoms in total. The number of carbonyl (C=O) groups is 2. The van der Waals surface area contributed by atoms with Crippen LogP contribution in [0.15, 0.2) is 0 Å². The van der Waals surface area contributed by atoms with Crippen LogP contribution in [0, 0.1) is 0 Å². The van der Waals surface area contributed by atoms with Crippen LogP contribution in [-0.4, -0.2) is 28.5 Å². The Balaban J connectivity index is 0. The van der Waals surface area contributed by atoms with Crippen molar-refractivity contribution >= 4 is 11.9 Å². The molecule has 0 spiro atoms. The van der Waals surface area contributed by atoms with Gasteiger partial charge < -0.3 is 22.0 Å². The van der Waals surface area contributed by atoms with E-state index in [4.69, 9.17) is 9.30 Å². The molecule has 6 heteroatoms. The zero-order valence-electron chi connectivity index (χ0n) is 8.00. The van der Waals surface area contributed by atoms with Crippen LogP contribution in [0.25, 0.3) is 0 Å². The van der Waals surface area contributed by atoms with Crippen molar-refractivity contribution in [1.82, 2.24) is 0 Å². The second-order valence-corrected chi connectivity index (χ2v) is 1.39. The molecule has 0 aromatic rings. The zero-order chi connectivity index (χ0) is 9.94. The molecule has 0 aliphatic rings. The van der Waals surface area contributed by atoms with E-state index >= 15 is 0 Å². The average molecular weight is 153 g/mol. The summed E-state index contributed by atoms with van der Waals surface area (Å²) < 4.78 is 20.2. The standard InChI is InChI=1S/C4H8N2O3.H2O/c5-2(4(8)9)1-3(6)7;/h2H,1,5H2,(H2,6,7)(H,8,9);1H2/t2-;/m0./s1/i2D;/hD2. The molecular weight excluding hydrogens is 140 g/mol. The zero-order valence-corrected chi connectivity index (χ0v) is 5.00. The van der Waals surface area contributed by atoms with Gasteiger partial charge in [0.05, 0.1) is 7.79 Å². The van der Waals surface area contributed by atoms with Crippen LogP contribution < -0.4 is 11.5 Å². The number of hydrogen-bond donors (Lipinski definition) is 3. The summed E-state index contributed by atoms with van der Waals surface area (Å²) in [5.41, 5.74) is 4.26. The number of carbonyl (C=O) groups excluding carboxylic acids is 1. The van der Waals surface area contributed by atoms with Crippen molar-refractivity contribution in [3.63, 3.8) is 0 Å². The fourth-order valence-electron chi connectivity index (χ4n) is 0.241. The van der Waals surface area contributed by atoms with Crippen molar-refractivity contribution in [2.75, 3.05) is 0 Å². The highest BCUT2D eigenvalue weighted by Crippen LogP contribution is 1.84. The molecule has 60 valence electrons. The maximum atomic E-state index is 10.3. The monoisotopic (exact) mass is 153 g/mol. The molecule has 0 radical (unpaired) electrons. The number of primary amides is 1. The number of rotatable bonds is 4. The van der Waals surface area contributed by atoms with Crippen LogP contribution in [0.1, 0.15) is 7.79 Å². The van der Waals surface area contributed by atoms with Crippen molar-refractivity contribution in [1.29, 1.82) is 0 Å². The van der Waals surface area contributed by atoms with Gasteiger partial charge in [0, 0.05) is 0 Å². The highest BCUT2D eigenvalue weighted by atomic mass is 16.4. The van der Waals surface area contributed by atoms with E-state index in [9.17, 15) is 9.59 Å². The second-order valence-electron chi connectivity index (χ2n) is 1.39. The minimum atomic E-state index is -2.62. The van der Waals surface area contributed by atoms with Gasteiger partial charge in [-0.05, 0) is 0 Å². The third-order valence-electron chi connectivity index (χ3n) is 0.589. The van der Waals surface area contributed by atoms with Crippen molar-refractivity contribution in [2.24, 2.45) is 11.5 Å². The van der Waals surface area contributed by atoms with E-state index in [1.165, 1.54) is 0 Å². The van der Waals surface area contributed by atoms with Crippen molar-refractivity contribution < 1.29 is 24.4 Å². The summed E-state index contributed by atoms with van der Waals surface area (Å²) in [4.78, 5) is 20.6. The van der Waals surface area contributed by atoms with E-state index in [-0.39, 0.29) is 11.2 Å². The van der Waals surface area contributed by atoms with Gasteiger partial charge in [-0.15, -0.1) is 0 Å². The largest absolute Gasteiger partial charge is 0.480 e. The maximum Gasteiger partial charge on any atom is 0.321 e. The van der Waals surface area contributed by atoms with E-state index in [0.717, 1.165) is 0 Å². The highest BCUT2D eigenvalue weighted by molar-refractivity contribution is 5.82. The predicted octanol–water partition coefficient (Wildman–Crippen LogP) is -2.55. The summed E-state index contributed by atoms with van der Waals surface area (Å²) in [6.07, 6.45) is -0.894. The molecule has 0 aliphatic carbocycles. The smallest absolute Gasteiger partial charge is 0.321 e. The summed E-state index contributed by atoms with van der Waals surface area (Å²) in [6, 6.07) is -2.62. The summed E-state index contributed by atoms with van der Waals surface area (Å²) >= 11 is 0. The van der Waals surface area contributed by atoms with Gasteiger partial charge in [0.2, 0.25) is 5.91 Å². The topological polar surface area (TPSA) is 138 Å². The van der Waals surface area contributed by atoms with Gasteiger partial charge in [-0.25, -0.2) is 0 Å². The first-order valence-electron chi connectivity index (χ1n) is 3.50. The Morgan fingerprint density at radius 1 is 1.80 bits per heavy atom. The molecule has 1 amide bonds. The van der Waals surface area contributed by atoms with Gasteiger partial charge in [0.1, 0.15) is 8.84 Å². The molecule has 0 saturated carbocycles. The van der Waals surface area contributed by atoms with Crippen LogP contribution in [0.2, 0.25) is 2.82 Å². The van der Waals surface area contributed by atoms with Gasteiger partial charge in [0.25, 0.3) is 0 Å². The molecule has 0 aliphatic heterocycles. The second kappa shape index (κ2) is 4.71. The molecule has 0 heterocycles. The number of amides is 1. The average Bonchev–Trinajstić information content (AvgIpc) is 1.84. The minimum Gasteiger partial charge on any atom is -0.480 e. The molecule has 7 N–H and O–H groups in total. The van der Waals surface area contributed by atoms with Crippen LogP contribution >= 0.6 is 0 Å². The van der Waals surface area contributed by atoms with Gasteiger partial charge >= 0.3 is 5.97 Å². The first-order chi connectivity index (χ1) is 5.30.